The molecule has 0 bridgehead atoms. The van der Waals surface area contributed by atoms with Crippen LogP contribution in [0.2, 0.25) is 0 Å². The van der Waals surface area contributed by atoms with E-state index in [4.69, 9.17) is 14.9 Å². The van der Waals surface area contributed by atoms with Gasteiger partial charge in [0.2, 0.25) is 0 Å². The van der Waals surface area contributed by atoms with Crippen molar-refractivity contribution in [2.24, 2.45) is 0 Å². The van der Waals surface area contributed by atoms with E-state index in [0.717, 1.165) is 0 Å². The van der Waals surface area contributed by atoms with Crippen LogP contribution in [0.5, 0.6) is 11.5 Å². The van der Waals surface area contributed by atoms with Crippen molar-refractivity contribution in [2.45, 2.75) is 13.2 Å². The maximum absolute atomic E-state index is 12.0. The topological polar surface area (TPSA) is 87.0 Å². The highest BCUT2D eigenvalue weighted by molar-refractivity contribution is 5.91. The minimum atomic E-state index is -0.624. The third kappa shape index (κ3) is 2.96. The number of aliphatic hydroxyl groups is 2. The summed E-state index contributed by atoms with van der Waals surface area (Å²) >= 11 is 0. The number of aromatic hydroxyl groups is 1. The van der Waals surface area contributed by atoms with Gasteiger partial charge in [-0.15, -0.1) is 0 Å². The van der Waals surface area contributed by atoms with E-state index in [1.165, 1.54) is 12.1 Å². The van der Waals surface area contributed by atoms with Crippen LogP contribution in [0.3, 0.4) is 0 Å². The lowest BCUT2D eigenvalue weighted by atomic mass is 10.0. The van der Waals surface area contributed by atoms with E-state index >= 15 is 0 Å². The largest absolute Gasteiger partial charge is 0.507 e. The molecule has 0 unspecified atom stereocenters. The number of carbonyl (C=O) groups is 1. The average Bonchev–Trinajstić information content (AvgIpc) is 2.48. The van der Waals surface area contributed by atoms with Crippen LogP contribution in [0, 0.1) is 0 Å². The van der Waals surface area contributed by atoms with E-state index in [0.29, 0.717) is 5.75 Å². The predicted molar refractivity (Wildman–Crippen MR) is 71.4 cm³/mol. The van der Waals surface area contributed by atoms with Gasteiger partial charge in [-0.1, -0.05) is 18.2 Å². The minimum Gasteiger partial charge on any atom is -0.507 e. The molecule has 0 aliphatic carbocycles. The maximum atomic E-state index is 12.0. The highest BCUT2D eigenvalue weighted by Gasteiger charge is 2.15. The second-order valence-electron chi connectivity index (χ2n) is 4.16. The van der Waals surface area contributed by atoms with E-state index in [9.17, 15) is 9.90 Å². The van der Waals surface area contributed by atoms with Crippen molar-refractivity contribution in [3.05, 3.63) is 59.2 Å². The molecule has 20 heavy (non-hydrogen) atoms. The highest BCUT2D eigenvalue weighted by Crippen LogP contribution is 2.25. The van der Waals surface area contributed by atoms with E-state index < -0.39 is 19.2 Å². The zero-order valence-electron chi connectivity index (χ0n) is 10.6. The summed E-state index contributed by atoms with van der Waals surface area (Å²) < 4.78 is 5.16. The van der Waals surface area contributed by atoms with Crippen LogP contribution in [0.25, 0.3) is 0 Å². The van der Waals surface area contributed by atoms with Crippen LogP contribution >= 0.6 is 0 Å². The molecule has 0 aromatic heterocycles. The summed E-state index contributed by atoms with van der Waals surface area (Å²) in [4.78, 5) is 12.0. The van der Waals surface area contributed by atoms with Crippen LogP contribution < -0.4 is 4.74 Å². The zero-order valence-corrected chi connectivity index (χ0v) is 10.6. The fraction of sp³-hybridized carbons (Fsp3) is 0.133. The van der Waals surface area contributed by atoms with E-state index in [2.05, 4.69) is 0 Å². The summed E-state index contributed by atoms with van der Waals surface area (Å²) in [5.74, 6) is -0.450. The number of ether oxygens (including phenoxy) is 1. The Morgan fingerprint density at radius 3 is 2.05 bits per heavy atom. The fourth-order valence-corrected chi connectivity index (χ4v) is 1.77. The molecule has 0 fully saturated rings. The number of carbonyl (C=O) groups excluding carboxylic acids is 1. The molecule has 0 saturated carbocycles. The van der Waals surface area contributed by atoms with E-state index in [-0.39, 0.29) is 22.4 Å². The van der Waals surface area contributed by atoms with Crippen molar-refractivity contribution in [2.75, 3.05) is 0 Å². The van der Waals surface area contributed by atoms with Gasteiger partial charge in [0.15, 0.2) is 0 Å². The lowest BCUT2D eigenvalue weighted by molar-refractivity contribution is 0.0734. The molecule has 0 amide bonds. The first kappa shape index (κ1) is 14.0. The molecular formula is C15H14O5. The number of para-hydroxylation sites is 1. The van der Waals surface area contributed by atoms with Gasteiger partial charge >= 0.3 is 5.97 Å². The Labute approximate surface area is 115 Å². The molecule has 2 aromatic rings. The summed E-state index contributed by atoms with van der Waals surface area (Å²) in [6.07, 6.45) is 0. The minimum absolute atomic E-state index is 0.153. The van der Waals surface area contributed by atoms with Gasteiger partial charge in [-0.05, 0) is 24.3 Å². The van der Waals surface area contributed by atoms with Crippen LogP contribution in [-0.2, 0) is 13.2 Å². The lowest BCUT2D eigenvalue weighted by Gasteiger charge is -2.10. The first-order valence-electron chi connectivity index (χ1n) is 5.99. The van der Waals surface area contributed by atoms with Crippen molar-refractivity contribution in [3.63, 3.8) is 0 Å². The van der Waals surface area contributed by atoms with E-state index in [1.807, 2.05) is 0 Å². The smallest absolute Gasteiger partial charge is 0.343 e. The third-order valence-corrected chi connectivity index (χ3v) is 2.80. The summed E-state index contributed by atoms with van der Waals surface area (Å²) in [6, 6.07) is 11.2. The van der Waals surface area contributed by atoms with Gasteiger partial charge in [0.1, 0.15) is 11.5 Å². The fourth-order valence-electron chi connectivity index (χ4n) is 1.77. The maximum Gasteiger partial charge on any atom is 0.343 e. The lowest BCUT2D eigenvalue weighted by Crippen LogP contribution is -2.10. The number of rotatable bonds is 4. The second kappa shape index (κ2) is 6.18. The number of esters is 1. The normalized spacial score (nSPS) is 10.3. The second-order valence-corrected chi connectivity index (χ2v) is 4.16. The molecule has 0 aliphatic heterocycles. The van der Waals surface area contributed by atoms with Gasteiger partial charge in [0.05, 0.1) is 18.8 Å². The standard InChI is InChI=1S/C15H14O5/c16-8-11-6-10(7-12(9-17)14(11)18)15(19)20-13-4-2-1-3-5-13/h1-7,16-18H,8-9H2. The zero-order chi connectivity index (χ0) is 14.5. The monoisotopic (exact) mass is 274 g/mol. The molecule has 2 aromatic carbocycles. The van der Waals surface area contributed by atoms with Crippen LogP contribution in [-0.4, -0.2) is 21.3 Å². The third-order valence-electron chi connectivity index (χ3n) is 2.80. The Morgan fingerprint density at radius 2 is 1.55 bits per heavy atom. The molecule has 104 valence electrons. The van der Waals surface area contributed by atoms with Gasteiger partial charge in [0, 0.05) is 11.1 Å². The molecule has 5 nitrogen and oxygen atoms in total. The number of hydrogen-bond acceptors (Lipinski definition) is 5. The Morgan fingerprint density at radius 1 is 1.00 bits per heavy atom. The number of phenols is 1. The molecule has 0 heterocycles. The van der Waals surface area contributed by atoms with Gasteiger partial charge in [0.25, 0.3) is 0 Å². The van der Waals surface area contributed by atoms with Gasteiger partial charge in [-0.3, -0.25) is 0 Å². The molecule has 3 N–H and O–H groups in total. The molecular weight excluding hydrogens is 260 g/mol. The Kier molecular flexibility index (Phi) is 4.34. The summed E-state index contributed by atoms with van der Waals surface area (Å²) in [6.45, 7) is -0.878. The molecule has 0 aliphatic rings. The van der Waals surface area contributed by atoms with Crippen molar-refractivity contribution >= 4 is 5.97 Å². The Bertz CT molecular complexity index is 582. The average molecular weight is 274 g/mol. The molecule has 0 radical (unpaired) electrons. The molecule has 0 saturated heterocycles. The molecule has 0 spiro atoms. The molecule has 0 atom stereocenters. The van der Waals surface area contributed by atoms with Crippen LogP contribution in [0.4, 0.5) is 0 Å². The van der Waals surface area contributed by atoms with Crippen molar-refractivity contribution in [1.82, 2.24) is 0 Å². The highest BCUT2D eigenvalue weighted by atomic mass is 16.5. The first-order valence-corrected chi connectivity index (χ1v) is 5.99. The Balaban J connectivity index is 2.30. The van der Waals surface area contributed by atoms with Crippen LogP contribution in [0.1, 0.15) is 21.5 Å². The molecule has 5 heteroatoms. The van der Waals surface area contributed by atoms with Gasteiger partial charge in [-0.2, -0.15) is 0 Å². The van der Waals surface area contributed by atoms with Crippen molar-refractivity contribution in [3.8, 4) is 11.5 Å². The van der Waals surface area contributed by atoms with Gasteiger partial charge < -0.3 is 20.1 Å². The number of aliphatic hydroxyl groups excluding tert-OH is 2. The van der Waals surface area contributed by atoms with Crippen molar-refractivity contribution in [1.29, 1.82) is 0 Å². The van der Waals surface area contributed by atoms with Crippen molar-refractivity contribution < 1.29 is 24.9 Å². The number of hydrogen-bond donors (Lipinski definition) is 3. The van der Waals surface area contributed by atoms with Crippen LogP contribution in [0.15, 0.2) is 42.5 Å². The SMILES string of the molecule is O=C(Oc1ccccc1)c1cc(CO)c(O)c(CO)c1. The Hall–Kier alpha value is -2.37. The predicted octanol–water partition coefficient (Wildman–Crippen LogP) is 1.60. The van der Waals surface area contributed by atoms with Gasteiger partial charge in [-0.25, -0.2) is 4.79 Å². The first-order chi connectivity index (χ1) is 9.65. The van der Waals surface area contributed by atoms with E-state index in [1.54, 1.807) is 30.3 Å². The number of benzene rings is 2. The summed E-state index contributed by atoms with van der Waals surface area (Å²) in [5, 5.41) is 28.0. The summed E-state index contributed by atoms with van der Waals surface area (Å²) in [5.41, 5.74) is 0.480. The molecule has 2 rings (SSSR count). The quantitative estimate of drug-likeness (QED) is 0.582. The summed E-state index contributed by atoms with van der Waals surface area (Å²) in [7, 11) is 0.